The van der Waals surface area contributed by atoms with Gasteiger partial charge in [0.05, 0.1) is 24.0 Å². The molecule has 4 aromatic rings. The smallest absolute Gasteiger partial charge is 0.256 e. The van der Waals surface area contributed by atoms with Gasteiger partial charge in [-0.3, -0.25) is 4.79 Å². The average Bonchev–Trinajstić information content (AvgIpc) is 3.24. The van der Waals surface area contributed by atoms with Gasteiger partial charge < -0.3 is 20.7 Å². The third kappa shape index (κ3) is 4.08. The van der Waals surface area contributed by atoms with E-state index in [0.717, 1.165) is 11.9 Å². The number of fused-ring (bicyclic) bond motifs is 2. The largest absolute Gasteiger partial charge is 0.473 e. The molecule has 0 aliphatic carbocycles. The summed E-state index contributed by atoms with van der Waals surface area (Å²) in [6, 6.07) is 6.92. The van der Waals surface area contributed by atoms with Crippen molar-refractivity contribution < 1.29 is 13.9 Å². The van der Waals surface area contributed by atoms with Crippen LogP contribution in [0.2, 0.25) is 5.02 Å². The fourth-order valence-electron chi connectivity index (χ4n) is 3.74. The molecule has 4 heterocycles. The van der Waals surface area contributed by atoms with E-state index in [2.05, 4.69) is 26.0 Å². The average molecular weight is 482 g/mol. The van der Waals surface area contributed by atoms with Gasteiger partial charge in [0.2, 0.25) is 5.88 Å². The maximum atomic E-state index is 14.0. The van der Waals surface area contributed by atoms with Crippen molar-refractivity contribution >= 4 is 34.7 Å². The summed E-state index contributed by atoms with van der Waals surface area (Å²) in [5.41, 5.74) is 3.43. The second-order valence-electron chi connectivity index (χ2n) is 7.88. The lowest BCUT2D eigenvalue weighted by molar-refractivity contribution is 0.0932. The first-order chi connectivity index (χ1) is 16.4. The molecule has 11 heteroatoms. The van der Waals surface area contributed by atoms with Crippen molar-refractivity contribution in [3.63, 3.8) is 0 Å². The minimum Gasteiger partial charge on any atom is -0.473 e. The van der Waals surface area contributed by atoms with Gasteiger partial charge in [0.15, 0.2) is 5.65 Å². The van der Waals surface area contributed by atoms with E-state index < -0.39 is 11.9 Å². The van der Waals surface area contributed by atoms with Crippen LogP contribution in [0.15, 0.2) is 42.9 Å². The predicted molar refractivity (Wildman–Crippen MR) is 127 cm³/mol. The summed E-state index contributed by atoms with van der Waals surface area (Å²) < 4.78 is 21.4. The summed E-state index contributed by atoms with van der Waals surface area (Å²) in [6.45, 7) is 2.20. The number of carbonyl (C=O) groups excluding carboxylic acids is 1. The van der Waals surface area contributed by atoms with Gasteiger partial charge in [0, 0.05) is 42.2 Å². The Morgan fingerprint density at radius 1 is 1.21 bits per heavy atom. The summed E-state index contributed by atoms with van der Waals surface area (Å²) in [4.78, 5) is 21.6. The van der Waals surface area contributed by atoms with Crippen LogP contribution in [-0.2, 0) is 6.54 Å². The van der Waals surface area contributed by atoms with Crippen molar-refractivity contribution in [2.75, 3.05) is 24.2 Å². The zero-order chi connectivity index (χ0) is 23.8. The fourth-order valence-corrected chi connectivity index (χ4v) is 4.02. The molecule has 0 radical (unpaired) electrons. The number of hydrogen-bond acceptors (Lipinski definition) is 7. The van der Waals surface area contributed by atoms with E-state index in [0.29, 0.717) is 38.7 Å². The molecule has 1 aliphatic heterocycles. The molecule has 0 spiro atoms. The first-order valence-electron chi connectivity index (χ1n) is 10.6. The van der Waals surface area contributed by atoms with Crippen LogP contribution in [0, 0.1) is 5.82 Å². The normalized spacial score (nSPS) is 15.9. The lowest BCUT2D eigenvalue weighted by Gasteiger charge is -2.17. The number of halogens is 2. The molecule has 3 aromatic heterocycles. The topological polar surface area (TPSA) is 105 Å². The molecule has 2 bridgehead atoms. The van der Waals surface area contributed by atoms with Crippen molar-refractivity contribution in [2.24, 2.45) is 0 Å². The molecule has 1 amide bonds. The third-order valence-corrected chi connectivity index (χ3v) is 5.80. The molecule has 34 heavy (non-hydrogen) atoms. The number of ether oxygens (including phenoxy) is 1. The number of aromatic nitrogens is 4. The molecular formula is C23H21ClFN7O2. The number of nitrogens with one attached hydrogen (secondary N) is 3. The second-order valence-corrected chi connectivity index (χ2v) is 8.29. The van der Waals surface area contributed by atoms with Crippen LogP contribution in [0.1, 0.15) is 22.8 Å². The zero-order valence-corrected chi connectivity index (χ0v) is 19.2. The van der Waals surface area contributed by atoms with Gasteiger partial charge in [-0.15, -0.1) is 0 Å². The highest BCUT2D eigenvalue weighted by atomic mass is 35.5. The molecule has 0 saturated carbocycles. The van der Waals surface area contributed by atoms with Gasteiger partial charge in [0.1, 0.15) is 23.3 Å². The number of nitrogens with zero attached hydrogens (tertiary/aromatic N) is 4. The minimum absolute atomic E-state index is 0.181. The number of pyridine rings is 1. The molecule has 3 N–H and O–H groups in total. The number of anilines is 2. The Kier molecular flexibility index (Phi) is 5.66. The van der Waals surface area contributed by atoms with E-state index in [9.17, 15) is 9.18 Å². The molecule has 5 rings (SSSR count). The standard InChI is InChI=1S/C23H21ClFN7O2/c1-12-7-28-22(33)17-10-30-32-11-18(16-4-3-15(26-2)6-19(16)24)20(31-21(17)32)27-8-13-5-14(25)9-29-23(13)34-12/h3-6,9-12,26H,7-8H2,1-2H3,(H,27,31)(H,28,33). The Labute approximate surface area is 199 Å². The summed E-state index contributed by atoms with van der Waals surface area (Å²) >= 11 is 6.58. The quantitative estimate of drug-likeness (QED) is 0.400. The Balaban J connectivity index is 1.67. The van der Waals surface area contributed by atoms with Crippen LogP contribution in [-0.4, -0.2) is 45.2 Å². The zero-order valence-electron chi connectivity index (χ0n) is 18.4. The number of rotatable bonds is 2. The van der Waals surface area contributed by atoms with Crippen molar-refractivity contribution in [1.29, 1.82) is 0 Å². The van der Waals surface area contributed by atoms with Gasteiger partial charge >= 0.3 is 0 Å². The van der Waals surface area contributed by atoms with E-state index >= 15 is 0 Å². The number of carbonyl (C=O) groups is 1. The van der Waals surface area contributed by atoms with Crippen molar-refractivity contribution in [3.05, 3.63) is 64.8 Å². The van der Waals surface area contributed by atoms with E-state index in [1.807, 2.05) is 19.2 Å². The molecule has 0 saturated heterocycles. The van der Waals surface area contributed by atoms with Gasteiger partial charge in [-0.2, -0.15) is 5.10 Å². The molecular weight excluding hydrogens is 461 g/mol. The van der Waals surface area contributed by atoms with Gasteiger partial charge in [-0.05, 0) is 25.1 Å². The first-order valence-corrected chi connectivity index (χ1v) is 11.0. The molecule has 9 nitrogen and oxygen atoms in total. The maximum absolute atomic E-state index is 14.0. The molecule has 1 atom stereocenters. The molecule has 1 aliphatic rings. The van der Waals surface area contributed by atoms with Crippen molar-refractivity contribution in [1.82, 2.24) is 24.9 Å². The van der Waals surface area contributed by atoms with E-state index in [-0.39, 0.29) is 24.9 Å². The van der Waals surface area contributed by atoms with Crippen molar-refractivity contribution in [2.45, 2.75) is 19.6 Å². The molecule has 174 valence electrons. The van der Waals surface area contributed by atoms with E-state index in [1.165, 1.54) is 16.8 Å². The molecule has 0 fully saturated rings. The highest BCUT2D eigenvalue weighted by Gasteiger charge is 2.21. The SMILES string of the molecule is CNc1ccc(-c2cn3ncc4c3nc2NCc2cc(F)cnc2OC(C)CNC4=O)c(Cl)c1. The molecule has 1 unspecified atom stereocenters. The number of hydrogen-bond donors (Lipinski definition) is 3. The number of amides is 1. The second kappa shape index (κ2) is 8.79. The lowest BCUT2D eigenvalue weighted by atomic mass is 10.1. The Morgan fingerprint density at radius 2 is 2.06 bits per heavy atom. The van der Waals surface area contributed by atoms with E-state index in [4.69, 9.17) is 21.3 Å². The van der Waals surface area contributed by atoms with E-state index in [1.54, 1.807) is 19.2 Å². The number of benzene rings is 1. The Hall–Kier alpha value is -3.92. The fraction of sp³-hybridized carbons (Fsp3) is 0.217. The van der Waals surface area contributed by atoms with Gasteiger partial charge in [-0.1, -0.05) is 17.7 Å². The monoisotopic (exact) mass is 481 g/mol. The van der Waals surface area contributed by atoms with Crippen LogP contribution in [0.3, 0.4) is 0 Å². The summed E-state index contributed by atoms with van der Waals surface area (Å²) in [6.07, 6.45) is 3.92. The molecule has 1 aromatic carbocycles. The predicted octanol–water partition coefficient (Wildman–Crippen LogP) is 3.75. The Morgan fingerprint density at radius 3 is 2.85 bits per heavy atom. The van der Waals surface area contributed by atoms with Crippen LogP contribution in [0.25, 0.3) is 16.8 Å². The summed E-state index contributed by atoms with van der Waals surface area (Å²) in [5.74, 6) is -0.0954. The van der Waals surface area contributed by atoms with Gasteiger partial charge in [0.25, 0.3) is 5.91 Å². The third-order valence-electron chi connectivity index (χ3n) is 5.49. The van der Waals surface area contributed by atoms with Crippen LogP contribution < -0.4 is 20.7 Å². The van der Waals surface area contributed by atoms with Crippen LogP contribution in [0.5, 0.6) is 5.88 Å². The van der Waals surface area contributed by atoms with Crippen LogP contribution in [0.4, 0.5) is 15.9 Å². The summed E-state index contributed by atoms with van der Waals surface area (Å²) in [7, 11) is 1.81. The van der Waals surface area contributed by atoms with Gasteiger partial charge in [-0.25, -0.2) is 18.9 Å². The first kappa shape index (κ1) is 21.9. The lowest BCUT2D eigenvalue weighted by Crippen LogP contribution is -2.33. The highest BCUT2D eigenvalue weighted by molar-refractivity contribution is 6.33. The summed E-state index contributed by atoms with van der Waals surface area (Å²) in [5, 5.41) is 14.0. The van der Waals surface area contributed by atoms with Crippen LogP contribution >= 0.6 is 11.6 Å². The Bertz CT molecular complexity index is 1410. The maximum Gasteiger partial charge on any atom is 0.256 e. The van der Waals surface area contributed by atoms with Crippen molar-refractivity contribution in [3.8, 4) is 17.0 Å². The minimum atomic E-state index is -0.484. The highest BCUT2D eigenvalue weighted by Crippen LogP contribution is 2.35.